The molecule has 4 heteroatoms. The molecule has 1 aromatic heterocycles. The molecule has 2 aromatic rings. The molecule has 0 atom stereocenters. The van der Waals surface area contributed by atoms with Crippen molar-refractivity contribution >= 4 is 5.91 Å². The number of benzene rings is 1. The number of imidazole rings is 1. The van der Waals surface area contributed by atoms with Gasteiger partial charge in [-0.05, 0) is 11.6 Å². The van der Waals surface area contributed by atoms with Crippen molar-refractivity contribution in [1.82, 2.24) is 14.5 Å². The van der Waals surface area contributed by atoms with E-state index < -0.39 is 0 Å². The Hall–Kier alpha value is -2.10. The molecule has 0 saturated heterocycles. The van der Waals surface area contributed by atoms with Crippen molar-refractivity contribution in [3.05, 3.63) is 53.6 Å². The standard InChI is InChI=1S/C13H13N3O/c1-15-7-6-14-12(15)9-16-8-10-4-2-3-5-11(10)13(16)17/h2-7H,8-9H2,1H3. The molecule has 1 amide bonds. The molecule has 3 rings (SSSR count). The van der Waals surface area contributed by atoms with Gasteiger partial charge in [0.25, 0.3) is 5.91 Å². The molecule has 1 aromatic carbocycles. The molecule has 0 radical (unpaired) electrons. The molecule has 17 heavy (non-hydrogen) atoms. The monoisotopic (exact) mass is 227 g/mol. The Morgan fingerprint density at radius 1 is 1.35 bits per heavy atom. The quantitative estimate of drug-likeness (QED) is 0.781. The average molecular weight is 227 g/mol. The predicted octanol–water partition coefficient (Wildman–Crippen LogP) is 1.58. The van der Waals surface area contributed by atoms with Crippen LogP contribution in [0.2, 0.25) is 0 Å². The number of carbonyl (C=O) groups is 1. The van der Waals surface area contributed by atoms with E-state index in [1.165, 1.54) is 0 Å². The Kier molecular flexibility index (Phi) is 2.21. The summed E-state index contributed by atoms with van der Waals surface area (Å²) < 4.78 is 1.94. The number of rotatable bonds is 2. The third kappa shape index (κ3) is 1.62. The van der Waals surface area contributed by atoms with E-state index in [1.807, 2.05) is 47.0 Å². The summed E-state index contributed by atoms with van der Waals surface area (Å²) in [5, 5.41) is 0. The van der Waals surface area contributed by atoms with E-state index in [0.717, 1.165) is 17.0 Å². The number of hydrogen-bond donors (Lipinski definition) is 0. The Morgan fingerprint density at radius 3 is 2.88 bits per heavy atom. The van der Waals surface area contributed by atoms with Crippen LogP contribution in [0.4, 0.5) is 0 Å². The maximum absolute atomic E-state index is 12.1. The lowest BCUT2D eigenvalue weighted by atomic mass is 10.1. The first-order chi connectivity index (χ1) is 8.25. The van der Waals surface area contributed by atoms with Gasteiger partial charge in [0.15, 0.2) is 0 Å². The molecule has 0 N–H and O–H groups in total. The molecule has 0 bridgehead atoms. The molecular formula is C13H13N3O. The number of aromatic nitrogens is 2. The van der Waals surface area contributed by atoms with Gasteiger partial charge in [0, 0.05) is 31.5 Å². The molecule has 1 aliphatic rings. The highest BCUT2D eigenvalue weighted by Gasteiger charge is 2.27. The fraction of sp³-hybridized carbons (Fsp3) is 0.231. The molecule has 0 spiro atoms. The zero-order valence-electron chi connectivity index (χ0n) is 9.63. The topological polar surface area (TPSA) is 38.1 Å². The highest BCUT2D eigenvalue weighted by molar-refractivity contribution is 5.98. The van der Waals surface area contributed by atoms with E-state index in [4.69, 9.17) is 0 Å². The van der Waals surface area contributed by atoms with Gasteiger partial charge in [-0.25, -0.2) is 4.98 Å². The van der Waals surface area contributed by atoms with Crippen LogP contribution in [0.15, 0.2) is 36.7 Å². The van der Waals surface area contributed by atoms with Crippen molar-refractivity contribution in [1.29, 1.82) is 0 Å². The fourth-order valence-corrected chi connectivity index (χ4v) is 2.16. The van der Waals surface area contributed by atoms with Crippen molar-refractivity contribution in [2.45, 2.75) is 13.1 Å². The summed E-state index contributed by atoms with van der Waals surface area (Å²) in [4.78, 5) is 18.2. The summed E-state index contributed by atoms with van der Waals surface area (Å²) in [6.45, 7) is 1.25. The van der Waals surface area contributed by atoms with Crippen molar-refractivity contribution in [2.24, 2.45) is 7.05 Å². The molecule has 1 aliphatic heterocycles. The average Bonchev–Trinajstić information content (AvgIpc) is 2.87. The fourth-order valence-electron chi connectivity index (χ4n) is 2.16. The lowest BCUT2D eigenvalue weighted by Gasteiger charge is -2.14. The third-order valence-electron chi connectivity index (χ3n) is 3.15. The Balaban J connectivity index is 1.85. The van der Waals surface area contributed by atoms with Gasteiger partial charge in [-0.15, -0.1) is 0 Å². The first-order valence-corrected chi connectivity index (χ1v) is 5.59. The number of hydrogen-bond acceptors (Lipinski definition) is 2. The molecule has 0 fully saturated rings. The third-order valence-corrected chi connectivity index (χ3v) is 3.15. The summed E-state index contributed by atoms with van der Waals surface area (Å²) in [5.41, 5.74) is 1.92. The van der Waals surface area contributed by atoms with Crippen molar-refractivity contribution in [3.8, 4) is 0 Å². The first kappa shape index (κ1) is 10.1. The van der Waals surface area contributed by atoms with E-state index in [0.29, 0.717) is 13.1 Å². The van der Waals surface area contributed by atoms with E-state index in [2.05, 4.69) is 4.98 Å². The zero-order valence-corrected chi connectivity index (χ0v) is 9.63. The van der Waals surface area contributed by atoms with Gasteiger partial charge in [-0.2, -0.15) is 0 Å². The van der Waals surface area contributed by atoms with Crippen molar-refractivity contribution in [2.75, 3.05) is 0 Å². The Morgan fingerprint density at radius 2 is 2.18 bits per heavy atom. The van der Waals surface area contributed by atoms with Gasteiger partial charge in [0.1, 0.15) is 5.82 Å². The van der Waals surface area contributed by atoms with Gasteiger partial charge in [-0.3, -0.25) is 4.79 Å². The lowest BCUT2D eigenvalue weighted by Crippen LogP contribution is -2.24. The second kappa shape index (κ2) is 3.73. The van der Waals surface area contributed by atoms with E-state index in [-0.39, 0.29) is 5.91 Å². The van der Waals surface area contributed by atoms with Crippen LogP contribution in [0.1, 0.15) is 21.7 Å². The number of carbonyl (C=O) groups excluding carboxylic acids is 1. The van der Waals surface area contributed by atoms with Crippen LogP contribution in [0, 0.1) is 0 Å². The second-order valence-corrected chi connectivity index (χ2v) is 4.27. The lowest BCUT2D eigenvalue weighted by molar-refractivity contribution is 0.0761. The van der Waals surface area contributed by atoms with Gasteiger partial charge in [0.2, 0.25) is 0 Å². The molecule has 2 heterocycles. The van der Waals surface area contributed by atoms with Crippen LogP contribution in [0.25, 0.3) is 0 Å². The van der Waals surface area contributed by atoms with Crippen LogP contribution >= 0.6 is 0 Å². The van der Waals surface area contributed by atoms with Gasteiger partial charge in [-0.1, -0.05) is 18.2 Å². The van der Waals surface area contributed by atoms with E-state index in [1.54, 1.807) is 6.20 Å². The SMILES string of the molecule is Cn1ccnc1CN1Cc2ccccc2C1=O. The minimum Gasteiger partial charge on any atom is -0.337 e. The molecule has 0 aliphatic carbocycles. The molecule has 86 valence electrons. The minimum atomic E-state index is 0.101. The number of nitrogens with zero attached hydrogens (tertiary/aromatic N) is 3. The van der Waals surface area contributed by atoms with Crippen LogP contribution < -0.4 is 0 Å². The number of amides is 1. The van der Waals surface area contributed by atoms with E-state index in [9.17, 15) is 4.79 Å². The maximum atomic E-state index is 12.1. The highest BCUT2D eigenvalue weighted by Crippen LogP contribution is 2.23. The van der Waals surface area contributed by atoms with Crippen LogP contribution in [-0.4, -0.2) is 20.4 Å². The maximum Gasteiger partial charge on any atom is 0.254 e. The number of fused-ring (bicyclic) bond motifs is 1. The largest absolute Gasteiger partial charge is 0.337 e. The second-order valence-electron chi connectivity index (χ2n) is 4.27. The van der Waals surface area contributed by atoms with Crippen LogP contribution in [0.3, 0.4) is 0 Å². The summed E-state index contributed by atoms with van der Waals surface area (Å²) >= 11 is 0. The minimum absolute atomic E-state index is 0.101. The predicted molar refractivity (Wildman–Crippen MR) is 63.2 cm³/mol. The summed E-state index contributed by atoms with van der Waals surface area (Å²) in [5.74, 6) is 1.01. The smallest absolute Gasteiger partial charge is 0.254 e. The number of aryl methyl sites for hydroxylation is 1. The summed E-state index contributed by atoms with van der Waals surface area (Å²) in [6, 6.07) is 7.76. The normalized spacial score (nSPS) is 14.2. The van der Waals surface area contributed by atoms with Crippen LogP contribution in [-0.2, 0) is 20.1 Å². The zero-order chi connectivity index (χ0) is 11.8. The van der Waals surface area contributed by atoms with Crippen molar-refractivity contribution < 1.29 is 4.79 Å². The Labute approximate surface area is 99.5 Å². The molecular weight excluding hydrogens is 214 g/mol. The highest BCUT2D eigenvalue weighted by atomic mass is 16.2. The van der Waals surface area contributed by atoms with Crippen molar-refractivity contribution in [3.63, 3.8) is 0 Å². The first-order valence-electron chi connectivity index (χ1n) is 5.59. The van der Waals surface area contributed by atoms with Crippen LogP contribution in [0.5, 0.6) is 0 Å². The molecule has 0 unspecified atom stereocenters. The molecule has 4 nitrogen and oxygen atoms in total. The van der Waals surface area contributed by atoms with Gasteiger partial charge < -0.3 is 9.47 Å². The summed E-state index contributed by atoms with van der Waals surface area (Å²) in [7, 11) is 1.94. The summed E-state index contributed by atoms with van der Waals surface area (Å²) in [6.07, 6.45) is 3.64. The molecule has 0 saturated carbocycles. The van der Waals surface area contributed by atoms with E-state index >= 15 is 0 Å². The van der Waals surface area contributed by atoms with Gasteiger partial charge in [0.05, 0.1) is 6.54 Å². The Bertz CT molecular complexity index is 574. The van der Waals surface area contributed by atoms with Gasteiger partial charge >= 0.3 is 0 Å².